The number of amides is 3. The van der Waals surface area contributed by atoms with Crippen LogP contribution in [0.1, 0.15) is 57.3 Å². The zero-order valence-electron chi connectivity index (χ0n) is 28.1. The topological polar surface area (TPSA) is 186 Å². The van der Waals surface area contributed by atoms with Crippen LogP contribution in [0.5, 0.6) is 0 Å². The van der Waals surface area contributed by atoms with Crippen LogP contribution in [0, 0.1) is 5.92 Å². The van der Waals surface area contributed by atoms with Crippen LogP contribution in [-0.4, -0.2) is 79.2 Å². The van der Waals surface area contributed by atoms with Gasteiger partial charge in [0.15, 0.2) is 0 Å². The molecule has 262 valence electrons. The lowest BCUT2D eigenvalue weighted by atomic mass is 9.89. The lowest BCUT2D eigenvalue weighted by Gasteiger charge is -2.35. The van der Waals surface area contributed by atoms with Crippen molar-refractivity contribution in [2.45, 2.75) is 51.7 Å². The third-order valence-electron chi connectivity index (χ3n) is 7.86. The number of hydrogen-bond acceptors (Lipinski definition) is 10. The van der Waals surface area contributed by atoms with Crippen molar-refractivity contribution in [1.82, 2.24) is 40.6 Å². The number of ether oxygens (including phenoxy) is 2. The fourth-order valence-electron chi connectivity index (χ4n) is 5.58. The normalized spacial score (nSPS) is 15.4. The molecular weight excluding hydrogens is 666 g/mol. The van der Waals surface area contributed by atoms with Gasteiger partial charge in [-0.1, -0.05) is 23.7 Å². The first-order valence-electron chi connectivity index (χ1n) is 15.9. The zero-order chi connectivity index (χ0) is 35.8. The number of likely N-dealkylation sites (tertiary alicyclic amines) is 1. The van der Waals surface area contributed by atoms with Gasteiger partial charge in [-0.15, -0.1) is 5.10 Å². The van der Waals surface area contributed by atoms with E-state index in [1.54, 1.807) is 59.5 Å². The van der Waals surface area contributed by atoms with Crippen molar-refractivity contribution in [1.29, 1.82) is 0 Å². The van der Waals surface area contributed by atoms with Crippen molar-refractivity contribution < 1.29 is 23.9 Å². The SMILES string of the molecule is COC(=O)Nc1ccc(-c2cc([C@H](CC3CCCN(C(=O)OC(C)(C)C)C3)NC(=O)/C=C/c3cc(Cl)ccc3-n3cnnn3)n[nH]c2=O)cc1. The number of piperidine rings is 1. The molecule has 3 amide bonds. The third-order valence-corrected chi connectivity index (χ3v) is 8.10. The van der Waals surface area contributed by atoms with Crippen LogP contribution in [0.3, 0.4) is 0 Å². The first kappa shape index (κ1) is 35.7. The highest BCUT2D eigenvalue weighted by Crippen LogP contribution is 2.29. The standard InChI is InChI=1S/C34H38ClN9O6/c1-34(2,3)50-33(48)43-15-5-6-21(19-43)16-27(38-30(45)14-9-23-17-24(35)10-13-29(23)44-20-36-41-42-44)28-18-26(31(46)40-39-28)22-7-11-25(12-8-22)37-32(47)49-4/h7-14,17-18,20-21,27H,5-6,15-16,19H2,1-4H3,(H,37,47)(H,38,45)(H,40,46)/b14-9+/t21?,27-/m0/s1. The molecule has 1 saturated heterocycles. The second kappa shape index (κ2) is 15.8. The van der Waals surface area contributed by atoms with E-state index >= 15 is 0 Å². The van der Waals surface area contributed by atoms with E-state index < -0.39 is 29.2 Å². The van der Waals surface area contributed by atoms with Gasteiger partial charge in [0.2, 0.25) is 5.91 Å². The van der Waals surface area contributed by atoms with E-state index in [9.17, 15) is 19.2 Å². The molecule has 4 aromatic rings. The Kier molecular flexibility index (Phi) is 11.3. The van der Waals surface area contributed by atoms with Gasteiger partial charge in [-0.2, -0.15) is 9.78 Å². The summed E-state index contributed by atoms with van der Waals surface area (Å²) in [4.78, 5) is 52.7. The minimum atomic E-state index is -0.648. The monoisotopic (exact) mass is 703 g/mol. The van der Waals surface area contributed by atoms with Gasteiger partial charge in [0, 0.05) is 35.4 Å². The molecule has 0 bridgehead atoms. The van der Waals surface area contributed by atoms with Gasteiger partial charge in [-0.25, -0.2) is 14.7 Å². The van der Waals surface area contributed by atoms with Gasteiger partial charge in [-0.05, 0) is 104 Å². The number of aromatic nitrogens is 6. The first-order valence-corrected chi connectivity index (χ1v) is 16.3. The van der Waals surface area contributed by atoms with Gasteiger partial charge in [0.1, 0.15) is 11.9 Å². The molecule has 0 radical (unpaired) electrons. The molecule has 5 rings (SSSR count). The van der Waals surface area contributed by atoms with Crippen LogP contribution in [-0.2, 0) is 14.3 Å². The Morgan fingerprint density at radius 2 is 1.92 bits per heavy atom. The van der Waals surface area contributed by atoms with Crippen LogP contribution in [0.25, 0.3) is 22.9 Å². The maximum absolute atomic E-state index is 13.5. The molecule has 0 aliphatic carbocycles. The fraction of sp³-hybridized carbons (Fsp3) is 0.353. The highest BCUT2D eigenvalue weighted by molar-refractivity contribution is 6.30. The lowest BCUT2D eigenvalue weighted by molar-refractivity contribution is -0.117. The van der Waals surface area contributed by atoms with E-state index in [1.165, 1.54) is 24.2 Å². The van der Waals surface area contributed by atoms with E-state index in [0.29, 0.717) is 58.3 Å². The van der Waals surface area contributed by atoms with Crippen LogP contribution in [0.4, 0.5) is 15.3 Å². The highest BCUT2D eigenvalue weighted by atomic mass is 35.5. The number of anilines is 1. The first-order chi connectivity index (χ1) is 23.9. The second-order valence-corrected chi connectivity index (χ2v) is 13.2. The molecule has 15 nitrogen and oxygen atoms in total. The van der Waals surface area contributed by atoms with Crippen LogP contribution < -0.4 is 16.2 Å². The molecule has 16 heteroatoms. The van der Waals surface area contributed by atoms with Crippen LogP contribution in [0.15, 0.2) is 65.7 Å². The Morgan fingerprint density at radius 3 is 2.62 bits per heavy atom. The summed E-state index contributed by atoms with van der Waals surface area (Å²) in [5.74, 6) is -0.434. The number of methoxy groups -OCH3 is 1. The largest absolute Gasteiger partial charge is 0.453 e. The number of aromatic amines is 1. The number of carbonyl (C=O) groups excluding carboxylic acids is 3. The Bertz CT molecular complexity index is 1910. The summed E-state index contributed by atoms with van der Waals surface area (Å²) in [5.41, 5.74) is 1.94. The summed E-state index contributed by atoms with van der Waals surface area (Å²) in [7, 11) is 1.26. The number of benzene rings is 2. The van der Waals surface area contributed by atoms with Gasteiger partial charge >= 0.3 is 12.2 Å². The summed E-state index contributed by atoms with van der Waals surface area (Å²) in [6.45, 7) is 6.46. The number of tetrazole rings is 1. The van der Waals surface area contributed by atoms with Crippen molar-refractivity contribution in [2.24, 2.45) is 5.92 Å². The maximum Gasteiger partial charge on any atom is 0.411 e. The Balaban J connectivity index is 1.42. The average molecular weight is 704 g/mol. The summed E-state index contributed by atoms with van der Waals surface area (Å²) in [6, 6.07) is 12.8. The number of carbonyl (C=O) groups is 3. The van der Waals surface area contributed by atoms with Crippen molar-refractivity contribution in [3.63, 3.8) is 0 Å². The molecule has 0 spiro atoms. The molecule has 2 atom stereocenters. The van der Waals surface area contributed by atoms with Gasteiger partial charge in [0.05, 0.1) is 30.1 Å². The van der Waals surface area contributed by atoms with Crippen LogP contribution in [0.2, 0.25) is 5.02 Å². The smallest absolute Gasteiger partial charge is 0.411 e. The van der Waals surface area contributed by atoms with E-state index in [2.05, 4.69) is 41.1 Å². The predicted molar refractivity (Wildman–Crippen MR) is 186 cm³/mol. The summed E-state index contributed by atoms with van der Waals surface area (Å²) in [5, 5.41) is 24.3. The number of H-pyrrole nitrogens is 1. The maximum atomic E-state index is 13.5. The summed E-state index contributed by atoms with van der Waals surface area (Å²) in [6.07, 6.45) is 5.40. The molecule has 1 unspecified atom stereocenters. The fourth-order valence-corrected chi connectivity index (χ4v) is 5.76. The molecule has 0 saturated carbocycles. The minimum Gasteiger partial charge on any atom is -0.453 e. The van der Waals surface area contributed by atoms with Crippen molar-refractivity contribution >= 4 is 41.5 Å². The molecule has 2 aromatic carbocycles. The molecule has 2 aromatic heterocycles. The Morgan fingerprint density at radius 1 is 1.14 bits per heavy atom. The van der Waals surface area contributed by atoms with E-state index in [0.717, 1.165) is 12.8 Å². The molecule has 1 aliphatic rings. The Hall–Kier alpha value is -5.57. The minimum absolute atomic E-state index is 0.00856. The molecule has 50 heavy (non-hydrogen) atoms. The van der Waals surface area contributed by atoms with Gasteiger partial charge < -0.3 is 19.7 Å². The van der Waals surface area contributed by atoms with Crippen molar-refractivity contribution in [2.75, 3.05) is 25.5 Å². The van der Waals surface area contributed by atoms with Gasteiger partial charge in [-0.3, -0.25) is 14.9 Å². The number of hydrogen-bond donors (Lipinski definition) is 3. The highest BCUT2D eigenvalue weighted by Gasteiger charge is 2.30. The molecule has 3 heterocycles. The van der Waals surface area contributed by atoms with Crippen molar-refractivity contribution in [3.05, 3.63) is 87.6 Å². The van der Waals surface area contributed by atoms with Crippen LogP contribution >= 0.6 is 11.6 Å². The quantitative estimate of drug-likeness (QED) is 0.197. The van der Waals surface area contributed by atoms with Gasteiger partial charge in [0.25, 0.3) is 5.56 Å². The summed E-state index contributed by atoms with van der Waals surface area (Å²) < 4.78 is 11.7. The molecular formula is C34H38ClN9O6. The molecule has 1 aliphatic heterocycles. The zero-order valence-corrected chi connectivity index (χ0v) is 28.8. The number of halogens is 1. The number of rotatable bonds is 9. The van der Waals surface area contributed by atoms with E-state index in [-0.39, 0.29) is 12.0 Å². The number of nitrogens with zero attached hydrogens (tertiary/aromatic N) is 6. The molecule has 1 fully saturated rings. The van der Waals surface area contributed by atoms with Crippen molar-refractivity contribution in [3.8, 4) is 16.8 Å². The third kappa shape index (κ3) is 9.53. The average Bonchev–Trinajstić information content (AvgIpc) is 3.62. The lowest BCUT2D eigenvalue weighted by Crippen LogP contribution is -2.43. The second-order valence-electron chi connectivity index (χ2n) is 12.8. The van der Waals surface area contributed by atoms with E-state index in [4.69, 9.17) is 16.3 Å². The molecule has 3 N–H and O–H groups in total. The predicted octanol–water partition coefficient (Wildman–Crippen LogP) is 5.15. The summed E-state index contributed by atoms with van der Waals surface area (Å²) >= 11 is 6.26. The number of nitrogens with one attached hydrogen (secondary N) is 3. The Labute approximate surface area is 293 Å². The van der Waals surface area contributed by atoms with E-state index in [1.807, 2.05) is 20.8 Å².